The molecule has 0 aromatic rings. The second-order valence-corrected chi connectivity index (χ2v) is 5.14. The molecule has 11 heavy (non-hydrogen) atoms. The highest BCUT2D eigenvalue weighted by Crippen LogP contribution is 2.54. The van der Waals surface area contributed by atoms with Gasteiger partial charge in [0.15, 0.2) is 0 Å². The van der Waals surface area contributed by atoms with Gasteiger partial charge in [-0.3, -0.25) is 0 Å². The number of hydrogen-bond acceptors (Lipinski definition) is 3. The molecule has 0 amide bonds. The van der Waals surface area contributed by atoms with Gasteiger partial charge in [-0.2, -0.15) is 13.9 Å². The molecule has 1 N–H and O–H groups in total. The van der Waals surface area contributed by atoms with Gasteiger partial charge in [0.05, 0.1) is 0 Å². The summed E-state index contributed by atoms with van der Waals surface area (Å²) in [5.74, 6) is 0. The predicted octanol–water partition coefficient (Wildman–Crippen LogP) is 2.22. The van der Waals surface area contributed by atoms with E-state index in [0.717, 1.165) is 0 Å². The molecule has 0 rings (SSSR count). The lowest BCUT2D eigenvalue weighted by Gasteiger charge is -2.16. The third-order valence-corrected chi connectivity index (χ3v) is 2.44. The minimum atomic E-state index is -2.55. The van der Waals surface area contributed by atoms with Gasteiger partial charge in [0, 0.05) is 0 Å². The molecule has 0 spiro atoms. The molecule has 3 nitrogen and oxygen atoms in total. The Morgan fingerprint density at radius 3 is 1.45 bits per heavy atom. The fourth-order valence-corrected chi connectivity index (χ4v) is 2.42. The number of rotatable bonds is 4. The molecule has 0 saturated carbocycles. The molecule has 0 bridgehead atoms. The average Bonchev–Trinajstić information content (AvgIpc) is 1.53. The van der Waals surface area contributed by atoms with Gasteiger partial charge in [0.2, 0.25) is 0 Å². The molecule has 0 aliphatic heterocycles. The summed E-state index contributed by atoms with van der Waals surface area (Å²) in [4.78, 5) is 9.52. The monoisotopic (exact) mass is 181 g/mol. The molecule has 0 heterocycles. The Balaban J connectivity index is 3.79. The van der Waals surface area contributed by atoms with E-state index in [4.69, 9.17) is 9.05 Å². The lowest BCUT2D eigenvalue weighted by Crippen LogP contribution is -2.11. The van der Waals surface area contributed by atoms with Gasteiger partial charge >= 0.3 is 7.94 Å². The van der Waals surface area contributed by atoms with Crippen LogP contribution in [0.15, 0.2) is 0 Å². The van der Waals surface area contributed by atoms with E-state index in [1.165, 1.54) is 0 Å². The summed E-state index contributed by atoms with van der Waals surface area (Å²) < 4.78 is 10.4. The number of hydrogen-bond donors (Lipinski definition) is 1. The predicted molar refractivity (Wildman–Crippen MR) is 47.5 cm³/mol. The zero-order valence-corrected chi connectivity index (χ0v) is 8.76. The van der Waals surface area contributed by atoms with Crippen LogP contribution in [0.1, 0.15) is 27.7 Å². The van der Waals surface area contributed by atoms with E-state index in [1.807, 2.05) is 27.7 Å². The van der Waals surface area contributed by atoms with Crippen molar-refractivity contribution in [2.75, 3.05) is 6.66 Å². The van der Waals surface area contributed by atoms with Crippen molar-refractivity contribution >= 4 is 7.94 Å². The Labute approximate surface area is 69.3 Å². The molecule has 0 unspecified atom stereocenters. The zero-order chi connectivity index (χ0) is 9.07. The topological polar surface area (TPSA) is 38.7 Å². The van der Waals surface area contributed by atoms with Crippen LogP contribution in [-0.2, 0) is 9.05 Å². The Hall–Kier alpha value is 0.310. The van der Waals surface area contributed by atoms with Gasteiger partial charge < -0.3 is 0 Å². The van der Waals surface area contributed by atoms with Crippen LogP contribution in [0.2, 0.25) is 0 Å². The molecule has 4 heteroatoms. The molecular formula is C7H18O3P+. The van der Waals surface area contributed by atoms with Gasteiger partial charge in [0.25, 0.3) is 0 Å². The third-order valence-electron chi connectivity index (χ3n) is 0.813. The average molecular weight is 181 g/mol. The van der Waals surface area contributed by atoms with Gasteiger partial charge in [-0.05, 0) is 27.7 Å². The molecule has 0 radical (unpaired) electrons. The molecule has 0 atom stereocenters. The molecule has 0 aromatic heterocycles. The smallest absolute Gasteiger partial charge is 0.193 e. The maximum absolute atomic E-state index is 9.52. The SMILES string of the molecule is CC(C)O[P+](C)(O)OC(C)C. The second-order valence-electron chi connectivity index (χ2n) is 3.11. The van der Waals surface area contributed by atoms with Crippen molar-refractivity contribution in [3.8, 4) is 0 Å². The van der Waals surface area contributed by atoms with Crippen LogP contribution in [0.4, 0.5) is 0 Å². The van der Waals surface area contributed by atoms with Crippen LogP contribution in [-0.4, -0.2) is 23.8 Å². The van der Waals surface area contributed by atoms with Crippen LogP contribution in [0.5, 0.6) is 0 Å². The van der Waals surface area contributed by atoms with Crippen molar-refractivity contribution in [3.05, 3.63) is 0 Å². The first-order valence-electron chi connectivity index (χ1n) is 3.79. The van der Waals surface area contributed by atoms with Crippen LogP contribution < -0.4 is 0 Å². The van der Waals surface area contributed by atoms with Crippen molar-refractivity contribution < 1.29 is 13.9 Å². The second kappa shape index (κ2) is 4.36. The molecule has 0 saturated heterocycles. The van der Waals surface area contributed by atoms with Gasteiger partial charge in [-0.15, -0.1) is 0 Å². The Morgan fingerprint density at radius 2 is 1.27 bits per heavy atom. The van der Waals surface area contributed by atoms with Gasteiger partial charge in [-0.1, -0.05) is 0 Å². The van der Waals surface area contributed by atoms with Crippen LogP contribution in [0, 0.1) is 0 Å². The van der Waals surface area contributed by atoms with Crippen molar-refractivity contribution in [3.63, 3.8) is 0 Å². The highest BCUT2D eigenvalue weighted by Gasteiger charge is 2.36. The van der Waals surface area contributed by atoms with Gasteiger partial charge in [0.1, 0.15) is 18.9 Å². The summed E-state index contributed by atoms with van der Waals surface area (Å²) in [5, 5.41) is 0. The normalized spacial score (nSPS) is 13.1. The summed E-state index contributed by atoms with van der Waals surface area (Å²) in [6, 6.07) is 0. The maximum atomic E-state index is 9.52. The third kappa shape index (κ3) is 6.70. The first kappa shape index (κ1) is 11.3. The molecule has 0 aliphatic rings. The van der Waals surface area contributed by atoms with E-state index in [1.54, 1.807) is 6.66 Å². The summed E-state index contributed by atoms with van der Waals surface area (Å²) in [6.45, 7) is 9.10. The summed E-state index contributed by atoms with van der Waals surface area (Å²) in [5.41, 5.74) is 0. The van der Waals surface area contributed by atoms with Crippen LogP contribution in [0.3, 0.4) is 0 Å². The summed E-state index contributed by atoms with van der Waals surface area (Å²) >= 11 is 0. The zero-order valence-electron chi connectivity index (χ0n) is 7.87. The van der Waals surface area contributed by atoms with E-state index < -0.39 is 7.94 Å². The minimum Gasteiger partial charge on any atom is -0.193 e. The first-order valence-corrected chi connectivity index (χ1v) is 5.82. The largest absolute Gasteiger partial charge is 0.406 e. The minimum absolute atomic E-state index is 0.0112. The molecule has 0 aliphatic carbocycles. The maximum Gasteiger partial charge on any atom is 0.406 e. The van der Waals surface area contributed by atoms with E-state index in [2.05, 4.69) is 0 Å². The van der Waals surface area contributed by atoms with Crippen LogP contribution >= 0.6 is 7.94 Å². The standard InChI is InChI=1S/C7H18O3P/c1-6(2)9-11(5,8)10-7(3)4/h6-8H,1-5H3/q+1. The quantitative estimate of drug-likeness (QED) is 0.676. The van der Waals surface area contributed by atoms with Crippen molar-refractivity contribution in [1.82, 2.24) is 0 Å². The van der Waals surface area contributed by atoms with Crippen molar-refractivity contribution in [2.45, 2.75) is 39.9 Å². The molecule has 68 valence electrons. The fourth-order valence-electron chi connectivity index (χ4n) is 0.807. The van der Waals surface area contributed by atoms with E-state index in [9.17, 15) is 4.89 Å². The highest BCUT2D eigenvalue weighted by molar-refractivity contribution is 7.59. The highest BCUT2D eigenvalue weighted by atomic mass is 31.2. The molecule has 0 fully saturated rings. The Kier molecular flexibility index (Phi) is 4.49. The van der Waals surface area contributed by atoms with Crippen LogP contribution in [0.25, 0.3) is 0 Å². The van der Waals surface area contributed by atoms with E-state index in [-0.39, 0.29) is 12.2 Å². The lowest BCUT2D eigenvalue weighted by atomic mass is 10.5. The van der Waals surface area contributed by atoms with Crippen molar-refractivity contribution in [1.29, 1.82) is 0 Å². The summed E-state index contributed by atoms with van der Waals surface area (Å²) in [6.07, 6.45) is 0.0224. The van der Waals surface area contributed by atoms with E-state index >= 15 is 0 Å². The van der Waals surface area contributed by atoms with Gasteiger partial charge in [-0.25, -0.2) is 0 Å². The first-order chi connectivity index (χ1) is 4.83. The molecular weight excluding hydrogens is 163 g/mol. The molecule has 0 aromatic carbocycles. The van der Waals surface area contributed by atoms with Crippen molar-refractivity contribution in [2.24, 2.45) is 0 Å². The lowest BCUT2D eigenvalue weighted by molar-refractivity contribution is 0.122. The Bertz CT molecular complexity index is 100. The Morgan fingerprint density at radius 1 is 1.00 bits per heavy atom. The van der Waals surface area contributed by atoms with E-state index in [0.29, 0.717) is 0 Å². The fraction of sp³-hybridized carbons (Fsp3) is 1.00. The summed E-state index contributed by atoms with van der Waals surface area (Å²) in [7, 11) is -2.55.